The summed E-state index contributed by atoms with van der Waals surface area (Å²) in [6.45, 7) is 6.54. The fourth-order valence-electron chi connectivity index (χ4n) is 9.59. The smallest absolute Gasteiger partial charge is 0.269 e. The first-order valence-corrected chi connectivity index (χ1v) is 22.9. The predicted octanol–water partition coefficient (Wildman–Crippen LogP) is 16.2. The average molecular weight is 913 g/mol. The number of imidazole rings is 1. The van der Waals surface area contributed by atoms with Gasteiger partial charge in [0.15, 0.2) is 0 Å². The summed E-state index contributed by atoms with van der Waals surface area (Å²) in [5, 5.41) is 3.71. The van der Waals surface area contributed by atoms with Gasteiger partial charge in [-0.05, 0) is 117 Å². The molecule has 9 aromatic carbocycles. The van der Waals surface area contributed by atoms with Crippen molar-refractivity contribution < 1.29 is 27.4 Å². The van der Waals surface area contributed by atoms with E-state index < -0.39 is 60.4 Å². The van der Waals surface area contributed by atoms with E-state index in [1.54, 1.807) is 22.8 Å². The monoisotopic (exact) mass is 912 g/mol. The van der Waals surface area contributed by atoms with E-state index in [-0.39, 0.29) is 33.4 Å². The van der Waals surface area contributed by atoms with Crippen molar-refractivity contribution in [2.75, 3.05) is 0 Å². The van der Waals surface area contributed by atoms with Crippen LogP contribution in [-0.2, 0) is 5.41 Å². The van der Waals surface area contributed by atoms with Crippen LogP contribution in [0.5, 0.6) is 11.5 Å². The zero-order valence-electron chi connectivity index (χ0n) is 48.2. The molecule has 4 heterocycles. The van der Waals surface area contributed by atoms with Crippen LogP contribution in [0.15, 0.2) is 229 Å². The van der Waals surface area contributed by atoms with Gasteiger partial charge in [0, 0.05) is 33.8 Å². The number of hydrogen-bond acceptors (Lipinski definition) is 3. The maximum atomic E-state index is 9.23. The summed E-state index contributed by atoms with van der Waals surface area (Å²) in [5.74, 6) is 1.84. The molecule has 0 spiro atoms. The Morgan fingerprint density at radius 3 is 2.01 bits per heavy atom. The van der Waals surface area contributed by atoms with Crippen LogP contribution in [0.4, 0.5) is 0 Å². The Labute approximate surface area is 419 Å². The zero-order valence-corrected chi connectivity index (χ0v) is 38.2. The van der Waals surface area contributed by atoms with Gasteiger partial charge in [-0.15, -0.1) is 0 Å². The molecule has 0 amide bonds. The Morgan fingerprint density at radius 2 is 1.24 bits per heavy atom. The minimum atomic E-state index is -0.585. The molecule has 0 saturated heterocycles. The average Bonchev–Trinajstić information content (AvgIpc) is 4.31. The van der Waals surface area contributed by atoms with E-state index in [4.69, 9.17) is 22.4 Å². The minimum absolute atomic E-state index is 0.109. The second-order valence-electron chi connectivity index (χ2n) is 18.3. The van der Waals surface area contributed by atoms with Crippen molar-refractivity contribution in [3.63, 3.8) is 0 Å². The summed E-state index contributed by atoms with van der Waals surface area (Å²) in [5.41, 5.74) is 7.74. The van der Waals surface area contributed by atoms with Gasteiger partial charge in [0.05, 0.1) is 47.1 Å². The molecule has 13 rings (SSSR count). The number of hydrogen-bond donors (Lipinski definition) is 0. The second-order valence-corrected chi connectivity index (χ2v) is 18.3. The number of fused-ring (bicyclic) bond motifs is 7. The highest BCUT2D eigenvalue weighted by atomic mass is 16.5. The van der Waals surface area contributed by atoms with Gasteiger partial charge in [0.25, 0.3) is 6.33 Å². The van der Waals surface area contributed by atoms with Crippen molar-refractivity contribution in [1.82, 2.24) is 14.1 Å². The Morgan fingerprint density at radius 1 is 0.543 bits per heavy atom. The number of ether oxygens (including phenoxy) is 1. The summed E-state index contributed by atoms with van der Waals surface area (Å²) >= 11 is 0. The van der Waals surface area contributed by atoms with Crippen LogP contribution in [-0.4, -0.2) is 14.1 Å². The van der Waals surface area contributed by atoms with Crippen LogP contribution in [0, 0.1) is 6.33 Å². The molecule has 6 nitrogen and oxygen atoms in total. The number of rotatable bonds is 8. The molecule has 0 aliphatic heterocycles. The van der Waals surface area contributed by atoms with Crippen LogP contribution in [0.3, 0.4) is 0 Å². The van der Waals surface area contributed by atoms with Crippen molar-refractivity contribution in [2.24, 2.45) is 0 Å². The first-order valence-electron chi connectivity index (χ1n) is 27.9. The topological polar surface area (TPSA) is 49.0 Å². The third-order valence-electron chi connectivity index (χ3n) is 13.0. The molecule has 13 aromatic rings. The van der Waals surface area contributed by atoms with Crippen molar-refractivity contribution >= 4 is 54.8 Å². The van der Waals surface area contributed by atoms with Crippen molar-refractivity contribution in [1.29, 1.82) is 0 Å². The first kappa shape index (κ1) is 31.9. The summed E-state index contributed by atoms with van der Waals surface area (Å²) < 4.78 is 108. The third kappa shape index (κ3) is 7.03. The molecule has 4 aromatic heterocycles. The quantitative estimate of drug-likeness (QED) is 0.113. The van der Waals surface area contributed by atoms with E-state index in [9.17, 15) is 5.48 Å². The minimum Gasteiger partial charge on any atom is -0.458 e. The highest BCUT2D eigenvalue weighted by Crippen LogP contribution is 2.40. The zero-order chi connectivity index (χ0) is 55.6. The lowest BCUT2D eigenvalue weighted by Gasteiger charge is -2.20. The molecule has 6 heteroatoms. The van der Waals surface area contributed by atoms with E-state index in [0.717, 1.165) is 55.1 Å². The van der Waals surface area contributed by atoms with E-state index in [1.165, 1.54) is 0 Å². The summed E-state index contributed by atoms with van der Waals surface area (Å²) in [6.07, 6.45) is 5.39. The van der Waals surface area contributed by atoms with Gasteiger partial charge >= 0.3 is 0 Å². The Balaban J connectivity index is 1.05. The van der Waals surface area contributed by atoms with Crippen LogP contribution < -0.4 is 9.30 Å². The molecule has 334 valence electrons. The maximum absolute atomic E-state index is 9.23. The van der Waals surface area contributed by atoms with Crippen LogP contribution >= 0.6 is 0 Å². The molecular weight excluding hydrogens is 857 g/mol. The Hall–Kier alpha value is -9.00. The van der Waals surface area contributed by atoms with Gasteiger partial charge in [-0.25, -0.2) is 4.98 Å². The number of nitrogens with zero attached hydrogens (tertiary/aromatic N) is 4. The predicted molar refractivity (Wildman–Crippen MR) is 285 cm³/mol. The molecular formula is C64H46N4O2. The van der Waals surface area contributed by atoms with Gasteiger partial charge in [-0.2, -0.15) is 0 Å². The molecule has 0 radical (unpaired) electrons. The molecule has 0 bridgehead atoms. The summed E-state index contributed by atoms with van der Waals surface area (Å²) in [4.78, 5) is 4.86. The second kappa shape index (κ2) is 16.4. The van der Waals surface area contributed by atoms with Crippen LogP contribution in [0.1, 0.15) is 40.0 Å². The summed E-state index contributed by atoms with van der Waals surface area (Å²) in [6, 6.07) is 45.1. The highest BCUT2D eigenvalue weighted by molar-refractivity contribution is 6.11. The van der Waals surface area contributed by atoms with Gasteiger partial charge in [-0.1, -0.05) is 160 Å². The molecule has 0 atom stereocenters. The molecule has 70 heavy (non-hydrogen) atoms. The highest BCUT2D eigenvalue weighted by Gasteiger charge is 2.23. The van der Waals surface area contributed by atoms with Gasteiger partial charge in [0.2, 0.25) is 0 Å². The van der Waals surface area contributed by atoms with Crippen molar-refractivity contribution in [3.8, 4) is 62.1 Å². The lowest BCUT2D eigenvalue weighted by molar-refractivity contribution is -0.571. The Kier molecular flexibility index (Phi) is 7.45. The maximum Gasteiger partial charge on any atom is 0.269 e. The number of para-hydroxylation sites is 2. The molecule has 0 aliphatic carbocycles. The molecule has 0 aliphatic rings. The van der Waals surface area contributed by atoms with E-state index in [0.29, 0.717) is 39.4 Å². The van der Waals surface area contributed by atoms with Crippen molar-refractivity contribution in [2.45, 2.75) is 26.2 Å². The van der Waals surface area contributed by atoms with E-state index in [1.807, 2.05) is 120 Å². The number of benzene rings is 9. The fraction of sp³-hybridized carbons (Fsp3) is 0.0625. The number of aromatic nitrogens is 4. The normalized spacial score (nSPS) is 13.9. The molecule has 0 saturated carbocycles. The largest absolute Gasteiger partial charge is 0.458 e. The first-order chi connectivity index (χ1) is 38.5. The van der Waals surface area contributed by atoms with Gasteiger partial charge < -0.3 is 9.15 Å². The molecule has 0 fully saturated rings. The Bertz CT molecular complexity index is 4610. The standard InChI is InChI=1S/C64H46N4O2/c1-64(2,3)46-33-34-65-62(36-46)68-56-28-14-13-25-52(56)53-31-30-49(38-57(53)68)69-48-24-15-23-47(37-48)66-41-67(63-50(43-19-9-5-10-20-43)26-16-27-51(63)44-21-11-6-12-22-44)59-40-61-55(39-58(59)66)54-35-45(29-32-60(54)70-61)42-17-7-4-8-18-42/h4-40H,1-3H3/i5D,6D,9D,10D,11D,12D,19D,20D,21D,22D. The van der Waals surface area contributed by atoms with Gasteiger partial charge in [-0.3, -0.25) is 13.7 Å². The van der Waals surface area contributed by atoms with E-state index >= 15 is 0 Å². The SMILES string of the molecule is [2H]c1c([2H])c([2H])c(-c2cccc(-c3c([2H])c([2H])c([2H])c([2H])c3[2H])c2-[n+]2[c-]n(-c3cccc(Oc4ccc5c6ccccc6n(-c6cc(C(C)(C)C)ccn6)c5c4)c3)c3cc4c(cc32)oc2ccc(-c3ccccc3)cc24)c([2H])c1[2H]. The lowest BCUT2D eigenvalue weighted by Crippen LogP contribution is -2.31. The lowest BCUT2D eigenvalue weighted by atomic mass is 9.88. The third-order valence-corrected chi connectivity index (χ3v) is 13.0. The molecule has 0 unspecified atom stereocenters. The number of pyridine rings is 1. The van der Waals surface area contributed by atoms with E-state index in [2.05, 4.69) is 62.0 Å². The number of furan rings is 1. The van der Waals surface area contributed by atoms with Crippen LogP contribution in [0.2, 0.25) is 0 Å². The fourth-order valence-corrected chi connectivity index (χ4v) is 9.59. The van der Waals surface area contributed by atoms with Crippen molar-refractivity contribution in [3.05, 3.63) is 236 Å². The molecule has 0 N–H and O–H groups in total. The summed E-state index contributed by atoms with van der Waals surface area (Å²) in [7, 11) is 0. The van der Waals surface area contributed by atoms with Crippen LogP contribution in [0.25, 0.3) is 105 Å². The van der Waals surface area contributed by atoms with Gasteiger partial charge in [0.1, 0.15) is 28.5 Å².